The van der Waals surface area contributed by atoms with Gasteiger partial charge < -0.3 is 14.8 Å². The van der Waals surface area contributed by atoms with Crippen molar-refractivity contribution in [2.45, 2.75) is 6.92 Å². The van der Waals surface area contributed by atoms with E-state index in [1.165, 1.54) is 47.9 Å². The highest BCUT2D eigenvalue weighted by molar-refractivity contribution is 7.10. The third-order valence-corrected chi connectivity index (χ3v) is 6.11. The Kier molecular flexibility index (Phi) is 9.52. The summed E-state index contributed by atoms with van der Waals surface area (Å²) in [5, 5.41) is 8.51. The Morgan fingerprint density at radius 3 is 2.40 bits per heavy atom. The lowest BCUT2D eigenvalue weighted by atomic mass is 10.2. The van der Waals surface area contributed by atoms with Crippen LogP contribution in [0.2, 0.25) is 0 Å². The molecule has 2 amide bonds. The van der Waals surface area contributed by atoms with Gasteiger partial charge in [0.2, 0.25) is 0 Å². The Morgan fingerprint density at radius 2 is 1.70 bits per heavy atom. The van der Waals surface area contributed by atoms with Gasteiger partial charge >= 0.3 is 5.97 Å². The normalized spacial score (nSPS) is 11.2. The summed E-state index contributed by atoms with van der Waals surface area (Å²) < 4.78 is 24.2. The van der Waals surface area contributed by atoms with Crippen molar-refractivity contribution in [1.29, 1.82) is 0 Å². The van der Waals surface area contributed by atoms with Gasteiger partial charge in [-0.25, -0.2) is 14.6 Å². The lowest BCUT2D eigenvalue weighted by Gasteiger charge is -2.11. The minimum atomic E-state index is -0.669. The van der Waals surface area contributed by atoms with E-state index in [2.05, 4.69) is 15.8 Å². The average molecular weight is 558 g/mol. The molecule has 0 fully saturated rings. The summed E-state index contributed by atoms with van der Waals surface area (Å²) in [5.74, 6) is -1.74. The third kappa shape index (κ3) is 7.71. The molecule has 3 aromatic carbocycles. The number of benzene rings is 3. The Bertz CT molecular complexity index is 1540. The van der Waals surface area contributed by atoms with Crippen LogP contribution < -0.4 is 20.2 Å². The minimum Gasteiger partial charge on any atom is -0.490 e. The first-order valence-corrected chi connectivity index (χ1v) is 13.0. The van der Waals surface area contributed by atoms with Crippen LogP contribution in [0.3, 0.4) is 0 Å². The lowest BCUT2D eigenvalue weighted by molar-refractivity contribution is -0.117. The van der Waals surface area contributed by atoms with Crippen molar-refractivity contribution in [2.75, 3.05) is 6.61 Å². The molecule has 4 rings (SSSR count). The number of hydrazone groups is 1. The van der Waals surface area contributed by atoms with Gasteiger partial charge in [-0.1, -0.05) is 24.3 Å². The second-order valence-electron chi connectivity index (χ2n) is 8.13. The van der Waals surface area contributed by atoms with E-state index >= 15 is 0 Å². The first-order chi connectivity index (χ1) is 19.4. The highest BCUT2D eigenvalue weighted by Gasteiger charge is 2.16. The van der Waals surface area contributed by atoms with E-state index in [4.69, 9.17) is 9.47 Å². The zero-order valence-corrected chi connectivity index (χ0v) is 22.1. The van der Waals surface area contributed by atoms with Crippen LogP contribution in [0.1, 0.15) is 38.1 Å². The smallest absolute Gasteiger partial charge is 0.343 e. The quantitative estimate of drug-likeness (QED) is 0.0890. The van der Waals surface area contributed by atoms with Crippen molar-refractivity contribution < 1.29 is 28.2 Å². The molecule has 8 nitrogen and oxygen atoms in total. The number of nitrogens with zero attached hydrogens (tertiary/aromatic N) is 1. The van der Waals surface area contributed by atoms with Crippen molar-refractivity contribution in [3.8, 4) is 11.5 Å². The summed E-state index contributed by atoms with van der Waals surface area (Å²) in [5.41, 5.74) is 3.57. The van der Waals surface area contributed by atoms with Crippen LogP contribution in [-0.2, 0) is 4.79 Å². The fraction of sp³-hybridized carbons (Fsp3) is 0.0667. The second kappa shape index (κ2) is 13.6. The van der Waals surface area contributed by atoms with E-state index in [1.807, 2.05) is 17.5 Å². The van der Waals surface area contributed by atoms with E-state index in [0.717, 1.165) is 4.88 Å². The van der Waals surface area contributed by atoms with Gasteiger partial charge in [0, 0.05) is 10.4 Å². The molecule has 0 aliphatic heterocycles. The van der Waals surface area contributed by atoms with Crippen LogP contribution in [0.15, 0.2) is 101 Å². The predicted molar refractivity (Wildman–Crippen MR) is 151 cm³/mol. The number of hydrogen-bond acceptors (Lipinski definition) is 7. The molecule has 0 saturated heterocycles. The molecule has 1 aromatic heterocycles. The lowest BCUT2D eigenvalue weighted by Crippen LogP contribution is -2.32. The number of thiophene rings is 1. The van der Waals surface area contributed by atoms with Gasteiger partial charge in [-0.2, -0.15) is 5.10 Å². The van der Waals surface area contributed by atoms with Crippen LogP contribution in [-0.4, -0.2) is 30.6 Å². The Hall–Kier alpha value is -5.09. The van der Waals surface area contributed by atoms with E-state index in [1.54, 1.807) is 55.5 Å². The zero-order valence-electron chi connectivity index (χ0n) is 21.3. The molecule has 0 radical (unpaired) electrons. The number of hydrogen-bond donors (Lipinski definition) is 2. The monoisotopic (exact) mass is 557 g/mol. The molecule has 0 aliphatic carbocycles. The summed E-state index contributed by atoms with van der Waals surface area (Å²) in [7, 11) is 0. The van der Waals surface area contributed by atoms with Gasteiger partial charge in [-0.05, 0) is 84.6 Å². The molecular weight excluding hydrogens is 533 g/mol. The molecule has 0 spiro atoms. The fourth-order valence-electron chi connectivity index (χ4n) is 3.39. The van der Waals surface area contributed by atoms with Crippen molar-refractivity contribution in [3.63, 3.8) is 0 Å². The van der Waals surface area contributed by atoms with Gasteiger partial charge in [0.05, 0.1) is 18.4 Å². The minimum absolute atomic E-state index is 0.0199. The number of nitrogens with one attached hydrogen (secondary N) is 2. The molecule has 0 aliphatic rings. The number of carbonyl (C=O) groups excluding carboxylic acids is 3. The number of ether oxygens (including phenoxy) is 2. The highest BCUT2D eigenvalue weighted by Crippen LogP contribution is 2.29. The summed E-state index contributed by atoms with van der Waals surface area (Å²) in [6.45, 7) is 2.08. The van der Waals surface area contributed by atoms with Crippen LogP contribution in [0.4, 0.5) is 4.39 Å². The van der Waals surface area contributed by atoms with Crippen molar-refractivity contribution in [3.05, 3.63) is 123 Å². The second-order valence-corrected chi connectivity index (χ2v) is 9.11. The van der Waals surface area contributed by atoms with Gasteiger partial charge in [-0.3, -0.25) is 9.59 Å². The van der Waals surface area contributed by atoms with Gasteiger partial charge in [0.1, 0.15) is 11.5 Å². The molecule has 0 saturated carbocycles. The number of halogens is 1. The maximum absolute atomic E-state index is 13.2. The number of carbonyl (C=O) groups is 3. The third-order valence-electron chi connectivity index (χ3n) is 5.29. The SMILES string of the molecule is CCOc1cc(C=NNC(=O)C(=Cc2cccs2)NC(=O)c2ccccc2)ccc1OC(=O)c1ccc(F)cc1. The molecule has 0 bridgehead atoms. The van der Waals surface area contributed by atoms with Crippen LogP contribution in [0.25, 0.3) is 6.08 Å². The first kappa shape index (κ1) is 27.9. The molecule has 4 aromatic rings. The van der Waals surface area contributed by atoms with Gasteiger partial charge in [0.25, 0.3) is 11.8 Å². The summed E-state index contributed by atoms with van der Waals surface area (Å²) in [4.78, 5) is 38.8. The molecular formula is C30H24FN3O5S. The highest BCUT2D eigenvalue weighted by atomic mass is 32.1. The van der Waals surface area contributed by atoms with Crippen molar-refractivity contribution in [2.24, 2.45) is 5.10 Å². The zero-order chi connectivity index (χ0) is 28.3. The number of esters is 1. The predicted octanol–water partition coefficient (Wildman–Crippen LogP) is 5.43. The number of rotatable bonds is 10. The Balaban J connectivity index is 1.46. The largest absolute Gasteiger partial charge is 0.490 e. The van der Waals surface area contributed by atoms with E-state index in [0.29, 0.717) is 17.7 Å². The van der Waals surface area contributed by atoms with Crippen molar-refractivity contribution >= 4 is 41.4 Å². The molecule has 10 heteroatoms. The number of amides is 2. The van der Waals surface area contributed by atoms with Gasteiger partial charge in [-0.15, -0.1) is 11.3 Å². The maximum atomic E-state index is 13.2. The summed E-state index contributed by atoms with van der Waals surface area (Å²) in [6.07, 6.45) is 2.95. The average Bonchev–Trinajstić information content (AvgIpc) is 3.48. The molecule has 202 valence electrons. The molecule has 40 heavy (non-hydrogen) atoms. The van der Waals surface area contributed by atoms with E-state index in [-0.39, 0.29) is 22.8 Å². The molecule has 0 atom stereocenters. The maximum Gasteiger partial charge on any atom is 0.343 e. The summed E-state index contributed by atoms with van der Waals surface area (Å²) in [6, 6.07) is 21.9. The Morgan fingerprint density at radius 1 is 0.925 bits per heavy atom. The van der Waals surface area contributed by atoms with Gasteiger partial charge in [0.15, 0.2) is 11.5 Å². The van der Waals surface area contributed by atoms with E-state index in [9.17, 15) is 18.8 Å². The first-order valence-electron chi connectivity index (χ1n) is 12.1. The fourth-order valence-corrected chi connectivity index (χ4v) is 4.04. The van der Waals surface area contributed by atoms with Crippen LogP contribution in [0.5, 0.6) is 11.5 Å². The van der Waals surface area contributed by atoms with Crippen molar-refractivity contribution in [1.82, 2.24) is 10.7 Å². The topological polar surface area (TPSA) is 106 Å². The van der Waals surface area contributed by atoms with Crippen LogP contribution in [0, 0.1) is 5.82 Å². The Labute approximate surface area is 233 Å². The van der Waals surface area contributed by atoms with Crippen LogP contribution >= 0.6 is 11.3 Å². The molecule has 1 heterocycles. The standard InChI is InChI=1S/C30H24FN3O5S/c1-2-38-27-17-20(10-15-26(27)39-30(37)22-11-13-23(31)14-12-22)19-32-34-29(36)25(18-24-9-6-16-40-24)33-28(35)21-7-4-3-5-8-21/h3-19H,2H2,1H3,(H,33,35)(H,34,36). The summed E-state index contributed by atoms with van der Waals surface area (Å²) >= 11 is 1.41. The van der Waals surface area contributed by atoms with E-state index < -0.39 is 23.6 Å². The molecule has 2 N–H and O–H groups in total. The molecule has 0 unspecified atom stereocenters.